The summed E-state index contributed by atoms with van der Waals surface area (Å²) in [5, 5.41) is 6.31. The first-order valence-electron chi connectivity index (χ1n) is 5.08. The van der Waals surface area contributed by atoms with Crippen molar-refractivity contribution in [3.63, 3.8) is 0 Å². The molecule has 5 nitrogen and oxygen atoms in total. The second-order valence-electron chi connectivity index (χ2n) is 3.51. The molecule has 2 rings (SSSR count). The van der Waals surface area contributed by atoms with E-state index in [1.165, 1.54) is 0 Å². The zero-order chi connectivity index (χ0) is 12.4. The molecule has 0 spiro atoms. The Morgan fingerprint density at radius 3 is 2.41 bits per heavy atom. The minimum Gasteiger partial charge on any atom is -0.479 e. The quantitative estimate of drug-likeness (QED) is 0.798. The van der Waals surface area contributed by atoms with Crippen LogP contribution in [0.3, 0.4) is 0 Å². The highest BCUT2D eigenvalue weighted by Crippen LogP contribution is 2.36. The molecule has 0 fully saturated rings. The van der Waals surface area contributed by atoms with Gasteiger partial charge in [0.15, 0.2) is 0 Å². The Balaban J connectivity index is 2.47. The fourth-order valence-corrected chi connectivity index (χ4v) is 2.21. The molecule has 1 aromatic rings. The number of hydrogen-bond donors (Lipinski definition) is 3. The summed E-state index contributed by atoms with van der Waals surface area (Å²) in [6.07, 6.45) is 0. The molecule has 1 aliphatic heterocycles. The number of fused-ring (bicyclic) bond motifs is 1. The van der Waals surface area contributed by atoms with Gasteiger partial charge in [0.05, 0.1) is 25.6 Å². The number of nitrogens with one attached hydrogen (secondary N) is 2. The van der Waals surface area contributed by atoms with E-state index in [0.29, 0.717) is 18.3 Å². The van der Waals surface area contributed by atoms with Gasteiger partial charge >= 0.3 is 0 Å². The van der Waals surface area contributed by atoms with Crippen molar-refractivity contribution in [2.45, 2.75) is 6.54 Å². The molecule has 0 unspecified atom stereocenters. The molecule has 1 aliphatic rings. The van der Waals surface area contributed by atoms with Gasteiger partial charge in [-0.2, -0.15) is 0 Å². The van der Waals surface area contributed by atoms with E-state index in [-0.39, 0.29) is 0 Å². The first-order chi connectivity index (χ1) is 8.19. The molecule has 6 heteroatoms. The largest absolute Gasteiger partial charge is 0.479 e. The first kappa shape index (κ1) is 12.1. The Bertz CT molecular complexity index is 474. The van der Waals surface area contributed by atoms with Crippen LogP contribution in [0.25, 0.3) is 0 Å². The van der Waals surface area contributed by atoms with Crippen LogP contribution in [0.4, 0.5) is 11.4 Å². The molecule has 0 atom stereocenters. The van der Waals surface area contributed by atoms with Crippen molar-refractivity contribution >= 4 is 27.3 Å². The zero-order valence-corrected chi connectivity index (χ0v) is 11.2. The minimum absolute atomic E-state index is 0.440. The van der Waals surface area contributed by atoms with Crippen LogP contribution in [-0.2, 0) is 16.0 Å². The molecule has 1 aromatic carbocycles. The lowest BCUT2D eigenvalue weighted by Gasteiger charge is -2.25. The van der Waals surface area contributed by atoms with Crippen molar-refractivity contribution in [2.24, 2.45) is 5.73 Å². The van der Waals surface area contributed by atoms with Gasteiger partial charge in [-0.05, 0) is 17.7 Å². The predicted octanol–water partition coefficient (Wildman–Crippen LogP) is 2.16. The highest BCUT2D eigenvalue weighted by Gasteiger charge is 2.21. The van der Waals surface area contributed by atoms with Crippen LogP contribution in [0.1, 0.15) is 5.56 Å². The van der Waals surface area contributed by atoms with E-state index in [1.54, 1.807) is 14.2 Å². The molecule has 92 valence electrons. The Hall–Kier alpha value is -1.40. The maximum atomic E-state index is 5.72. The molecule has 17 heavy (non-hydrogen) atoms. The van der Waals surface area contributed by atoms with Crippen molar-refractivity contribution in [1.82, 2.24) is 0 Å². The molecular weight excluding hydrogens is 286 g/mol. The zero-order valence-electron chi connectivity index (χ0n) is 9.63. The van der Waals surface area contributed by atoms with Crippen molar-refractivity contribution in [3.8, 4) is 0 Å². The Kier molecular flexibility index (Phi) is 3.44. The van der Waals surface area contributed by atoms with Gasteiger partial charge in [-0.25, -0.2) is 0 Å². The summed E-state index contributed by atoms with van der Waals surface area (Å²) in [5.74, 6) is 1.08. The fourth-order valence-electron chi connectivity index (χ4n) is 1.71. The van der Waals surface area contributed by atoms with Crippen molar-refractivity contribution < 1.29 is 9.47 Å². The van der Waals surface area contributed by atoms with E-state index < -0.39 is 0 Å². The fraction of sp³-hybridized carbons (Fsp3) is 0.273. The van der Waals surface area contributed by atoms with Gasteiger partial charge in [0, 0.05) is 11.0 Å². The summed E-state index contributed by atoms with van der Waals surface area (Å²) in [4.78, 5) is 0. The summed E-state index contributed by atoms with van der Waals surface area (Å²) < 4.78 is 11.4. The highest BCUT2D eigenvalue weighted by molar-refractivity contribution is 9.10. The number of anilines is 2. The maximum absolute atomic E-state index is 5.72. The molecule has 4 N–H and O–H groups in total. The number of nitrogens with two attached hydrogens (primary N) is 1. The predicted molar refractivity (Wildman–Crippen MR) is 70.3 cm³/mol. The van der Waals surface area contributed by atoms with E-state index in [1.807, 2.05) is 12.1 Å². The van der Waals surface area contributed by atoms with Crippen molar-refractivity contribution in [3.05, 3.63) is 33.9 Å². The lowest BCUT2D eigenvalue weighted by atomic mass is 10.1. The van der Waals surface area contributed by atoms with Crippen LogP contribution in [0.5, 0.6) is 0 Å². The molecule has 0 saturated heterocycles. The van der Waals surface area contributed by atoms with Crippen LogP contribution >= 0.6 is 15.9 Å². The van der Waals surface area contributed by atoms with Crippen molar-refractivity contribution in [2.75, 3.05) is 24.9 Å². The molecular formula is C11H14BrN3O2. The third kappa shape index (κ3) is 2.18. The molecule has 0 saturated carbocycles. The van der Waals surface area contributed by atoms with Crippen LogP contribution in [0, 0.1) is 0 Å². The molecule has 0 aliphatic carbocycles. The third-order valence-electron chi connectivity index (χ3n) is 2.51. The minimum atomic E-state index is 0.440. The van der Waals surface area contributed by atoms with E-state index in [9.17, 15) is 0 Å². The van der Waals surface area contributed by atoms with E-state index in [4.69, 9.17) is 15.2 Å². The van der Waals surface area contributed by atoms with Gasteiger partial charge < -0.3 is 25.8 Å². The average molecular weight is 300 g/mol. The van der Waals surface area contributed by atoms with Gasteiger partial charge in [-0.15, -0.1) is 0 Å². The van der Waals surface area contributed by atoms with Gasteiger partial charge in [-0.1, -0.05) is 15.9 Å². The van der Waals surface area contributed by atoms with Crippen LogP contribution in [-0.4, -0.2) is 14.2 Å². The number of benzene rings is 1. The lowest BCUT2D eigenvalue weighted by Crippen LogP contribution is -2.20. The lowest BCUT2D eigenvalue weighted by molar-refractivity contribution is 0.228. The van der Waals surface area contributed by atoms with Crippen molar-refractivity contribution in [1.29, 1.82) is 0 Å². The third-order valence-corrected chi connectivity index (χ3v) is 2.96. The number of hydrogen-bond acceptors (Lipinski definition) is 5. The summed E-state index contributed by atoms with van der Waals surface area (Å²) in [6.45, 7) is 0.440. The number of rotatable bonds is 3. The van der Waals surface area contributed by atoms with Crippen LogP contribution in [0.15, 0.2) is 28.4 Å². The molecule has 0 radical (unpaired) electrons. The molecule has 0 aromatic heterocycles. The van der Waals surface area contributed by atoms with E-state index in [0.717, 1.165) is 21.4 Å². The summed E-state index contributed by atoms with van der Waals surface area (Å²) in [5.41, 5.74) is 8.52. The SMILES string of the molecule is COC1=C(OC)Nc2c(CN)cc(Br)cc2N1. The van der Waals surface area contributed by atoms with Crippen LogP contribution < -0.4 is 16.4 Å². The summed E-state index contributed by atoms with van der Waals surface area (Å²) in [7, 11) is 3.16. The Labute approximate surface area is 108 Å². The summed E-state index contributed by atoms with van der Waals surface area (Å²) >= 11 is 3.44. The summed E-state index contributed by atoms with van der Waals surface area (Å²) in [6, 6.07) is 3.92. The van der Waals surface area contributed by atoms with Gasteiger partial charge in [0.1, 0.15) is 0 Å². The number of methoxy groups -OCH3 is 2. The first-order valence-corrected chi connectivity index (χ1v) is 5.87. The maximum Gasteiger partial charge on any atom is 0.253 e. The second kappa shape index (κ2) is 4.85. The van der Waals surface area contributed by atoms with Crippen LogP contribution in [0.2, 0.25) is 0 Å². The Morgan fingerprint density at radius 1 is 1.18 bits per heavy atom. The topological polar surface area (TPSA) is 68.5 Å². The van der Waals surface area contributed by atoms with Gasteiger partial charge in [0.25, 0.3) is 11.8 Å². The average Bonchev–Trinajstić information content (AvgIpc) is 2.35. The smallest absolute Gasteiger partial charge is 0.253 e. The normalized spacial score (nSPS) is 13.6. The second-order valence-corrected chi connectivity index (χ2v) is 4.42. The van der Waals surface area contributed by atoms with E-state index >= 15 is 0 Å². The molecule has 1 heterocycles. The van der Waals surface area contributed by atoms with E-state index in [2.05, 4.69) is 26.6 Å². The highest BCUT2D eigenvalue weighted by atomic mass is 79.9. The van der Waals surface area contributed by atoms with Gasteiger partial charge in [-0.3, -0.25) is 0 Å². The standard InChI is InChI=1S/C11H14BrN3O2/c1-16-10-11(17-2)15-9-6(5-13)3-7(12)4-8(9)14-10/h3-4,14-15H,5,13H2,1-2H3. The monoisotopic (exact) mass is 299 g/mol. The van der Waals surface area contributed by atoms with Gasteiger partial charge in [0.2, 0.25) is 0 Å². The number of halogens is 1. The number of ether oxygens (including phenoxy) is 2. The Morgan fingerprint density at radius 2 is 1.82 bits per heavy atom. The molecule has 0 bridgehead atoms. The molecule has 0 amide bonds.